The van der Waals surface area contributed by atoms with Crippen LogP contribution in [0.25, 0.3) is 6.08 Å². The quantitative estimate of drug-likeness (QED) is 0.528. The molecular formula is C21H32O3. The van der Waals surface area contributed by atoms with Gasteiger partial charge in [0.1, 0.15) is 12.4 Å². The van der Waals surface area contributed by atoms with Gasteiger partial charge in [-0.3, -0.25) is 4.79 Å². The van der Waals surface area contributed by atoms with Crippen LogP contribution in [0.3, 0.4) is 0 Å². The Morgan fingerprint density at radius 2 is 1.62 bits per heavy atom. The number of ether oxygens (including phenoxy) is 1. The number of benzene rings is 1. The number of para-hydroxylation sites is 1. The van der Waals surface area contributed by atoms with Crippen molar-refractivity contribution in [3.05, 3.63) is 35.9 Å². The second-order valence-corrected chi connectivity index (χ2v) is 6.22. The molecule has 1 heterocycles. The number of hydrogen-bond donors (Lipinski definition) is 1. The molecule has 2 rings (SSSR count). The molecule has 1 aliphatic heterocycles. The van der Waals surface area contributed by atoms with Gasteiger partial charge in [0.25, 0.3) is 0 Å². The first-order valence-corrected chi connectivity index (χ1v) is 9.34. The van der Waals surface area contributed by atoms with E-state index in [1.807, 2.05) is 30.3 Å². The predicted molar refractivity (Wildman–Crippen MR) is 100 cm³/mol. The van der Waals surface area contributed by atoms with E-state index in [9.17, 15) is 4.79 Å². The molecule has 24 heavy (non-hydrogen) atoms. The Bertz CT molecular complexity index is 480. The fourth-order valence-electron chi connectivity index (χ4n) is 2.65. The van der Waals surface area contributed by atoms with E-state index in [1.54, 1.807) is 0 Å². The van der Waals surface area contributed by atoms with Crippen LogP contribution in [-0.4, -0.2) is 17.7 Å². The number of carbonyl (C=O) groups is 1. The van der Waals surface area contributed by atoms with Gasteiger partial charge in [-0.25, -0.2) is 0 Å². The first kappa shape index (κ1) is 20.3. The molecule has 1 aliphatic rings. The molecule has 0 saturated heterocycles. The summed E-state index contributed by atoms with van der Waals surface area (Å²) in [7, 11) is 0. The Hall–Kier alpha value is -1.77. The van der Waals surface area contributed by atoms with Crippen LogP contribution in [0, 0.1) is 0 Å². The first-order valence-electron chi connectivity index (χ1n) is 9.34. The van der Waals surface area contributed by atoms with Gasteiger partial charge in [-0.1, -0.05) is 82.6 Å². The van der Waals surface area contributed by atoms with Gasteiger partial charge in [0, 0.05) is 12.0 Å². The van der Waals surface area contributed by atoms with E-state index in [-0.39, 0.29) is 0 Å². The number of carboxylic acids is 1. The van der Waals surface area contributed by atoms with Gasteiger partial charge in [0.05, 0.1) is 0 Å². The van der Waals surface area contributed by atoms with Gasteiger partial charge in [-0.05, 0) is 18.6 Å². The van der Waals surface area contributed by atoms with Crippen molar-refractivity contribution in [1.82, 2.24) is 0 Å². The fraction of sp³-hybridized carbons (Fsp3) is 0.571. The summed E-state index contributed by atoms with van der Waals surface area (Å²) in [5.74, 6) is 0.331. The topological polar surface area (TPSA) is 46.5 Å². The highest BCUT2D eigenvalue weighted by molar-refractivity contribution is 5.66. The molecular weight excluding hydrogens is 300 g/mol. The van der Waals surface area contributed by atoms with Gasteiger partial charge >= 0.3 is 5.97 Å². The van der Waals surface area contributed by atoms with Crippen LogP contribution >= 0.6 is 0 Å². The lowest BCUT2D eigenvalue weighted by atomic mass is 10.1. The molecule has 1 aromatic carbocycles. The zero-order valence-electron chi connectivity index (χ0n) is 15.0. The molecule has 0 saturated carbocycles. The molecule has 134 valence electrons. The van der Waals surface area contributed by atoms with E-state index in [4.69, 9.17) is 9.84 Å². The predicted octanol–water partition coefficient (Wildman–Crippen LogP) is 6.08. The van der Waals surface area contributed by atoms with Gasteiger partial charge in [-0.15, -0.1) is 0 Å². The molecule has 3 nitrogen and oxygen atoms in total. The number of aliphatic carboxylic acids is 1. The Kier molecular flexibility index (Phi) is 11.5. The summed E-state index contributed by atoms with van der Waals surface area (Å²) in [6.45, 7) is 2.93. The van der Waals surface area contributed by atoms with E-state index in [1.165, 1.54) is 50.5 Å². The zero-order chi connectivity index (χ0) is 17.5. The summed E-state index contributed by atoms with van der Waals surface area (Å²) in [6.07, 6.45) is 15.6. The van der Waals surface area contributed by atoms with E-state index in [0.717, 1.165) is 18.6 Å². The van der Waals surface area contributed by atoms with E-state index in [2.05, 4.69) is 13.0 Å². The maximum Gasteiger partial charge on any atom is 0.303 e. The highest BCUT2D eigenvalue weighted by Gasteiger charge is 2.01. The fourth-order valence-corrected chi connectivity index (χ4v) is 2.65. The second-order valence-electron chi connectivity index (χ2n) is 6.22. The Labute approximate surface area is 146 Å². The van der Waals surface area contributed by atoms with Crippen LogP contribution in [0.1, 0.15) is 76.7 Å². The van der Waals surface area contributed by atoms with Crippen molar-refractivity contribution >= 4 is 12.0 Å². The van der Waals surface area contributed by atoms with Crippen LogP contribution < -0.4 is 4.74 Å². The molecule has 1 aromatic rings. The number of fused-ring (bicyclic) bond motifs is 1. The first-order chi connectivity index (χ1) is 11.7. The van der Waals surface area contributed by atoms with Crippen LogP contribution in [0.4, 0.5) is 0 Å². The lowest BCUT2D eigenvalue weighted by molar-refractivity contribution is -0.137. The molecule has 0 amide bonds. The monoisotopic (exact) mass is 332 g/mol. The van der Waals surface area contributed by atoms with Gasteiger partial charge in [-0.2, -0.15) is 0 Å². The summed E-state index contributed by atoms with van der Waals surface area (Å²) in [6, 6.07) is 8.03. The van der Waals surface area contributed by atoms with Gasteiger partial charge in [0.2, 0.25) is 0 Å². The summed E-state index contributed by atoms with van der Waals surface area (Å²) < 4.78 is 5.34. The lowest BCUT2D eigenvalue weighted by Crippen LogP contribution is -1.98. The van der Waals surface area contributed by atoms with E-state index >= 15 is 0 Å². The molecule has 0 atom stereocenters. The third-order valence-electron chi connectivity index (χ3n) is 4.05. The molecule has 3 heteroatoms. The summed E-state index contributed by atoms with van der Waals surface area (Å²) in [5, 5.41) is 8.41. The van der Waals surface area contributed by atoms with Crippen molar-refractivity contribution in [2.45, 2.75) is 71.1 Å². The highest BCUT2D eigenvalue weighted by Crippen LogP contribution is 2.21. The van der Waals surface area contributed by atoms with E-state index in [0.29, 0.717) is 13.0 Å². The smallest absolute Gasteiger partial charge is 0.303 e. The maximum atomic E-state index is 10.2. The molecule has 0 bridgehead atoms. The van der Waals surface area contributed by atoms with Crippen LogP contribution in [0.15, 0.2) is 30.3 Å². The third-order valence-corrected chi connectivity index (χ3v) is 4.05. The molecule has 0 radical (unpaired) electrons. The summed E-state index contributed by atoms with van der Waals surface area (Å²) in [5.41, 5.74) is 1.17. The minimum Gasteiger partial charge on any atom is -0.489 e. The van der Waals surface area contributed by atoms with Crippen molar-refractivity contribution in [2.75, 3.05) is 6.61 Å². The van der Waals surface area contributed by atoms with Crippen molar-refractivity contribution in [1.29, 1.82) is 0 Å². The van der Waals surface area contributed by atoms with Crippen molar-refractivity contribution in [3.8, 4) is 5.75 Å². The Balaban J connectivity index is 0.000000250. The Morgan fingerprint density at radius 1 is 1.00 bits per heavy atom. The average Bonchev–Trinajstić information content (AvgIpc) is 2.61. The second kappa shape index (κ2) is 13.6. The molecule has 0 fully saturated rings. The van der Waals surface area contributed by atoms with Gasteiger partial charge in [0.15, 0.2) is 0 Å². The van der Waals surface area contributed by atoms with Crippen molar-refractivity contribution < 1.29 is 14.6 Å². The zero-order valence-corrected chi connectivity index (χ0v) is 15.0. The minimum atomic E-state index is -0.659. The summed E-state index contributed by atoms with van der Waals surface area (Å²) in [4.78, 5) is 10.2. The molecule has 0 aromatic heterocycles. The number of unbranched alkanes of at least 4 members (excludes halogenated alkanes) is 8. The lowest BCUT2D eigenvalue weighted by Gasteiger charge is -2.10. The minimum absolute atomic E-state index is 0.343. The molecule has 1 N–H and O–H groups in total. The Morgan fingerprint density at radius 3 is 2.25 bits per heavy atom. The molecule has 0 unspecified atom stereocenters. The largest absolute Gasteiger partial charge is 0.489 e. The number of hydrogen-bond acceptors (Lipinski definition) is 2. The average molecular weight is 332 g/mol. The number of rotatable bonds is 10. The maximum absolute atomic E-state index is 10.2. The molecule has 0 spiro atoms. The van der Waals surface area contributed by atoms with Crippen LogP contribution in [0.5, 0.6) is 5.75 Å². The van der Waals surface area contributed by atoms with Crippen LogP contribution in [0.2, 0.25) is 0 Å². The van der Waals surface area contributed by atoms with Crippen LogP contribution in [-0.2, 0) is 4.79 Å². The van der Waals surface area contributed by atoms with Gasteiger partial charge < -0.3 is 9.84 Å². The third kappa shape index (κ3) is 10.1. The van der Waals surface area contributed by atoms with Crippen molar-refractivity contribution in [3.63, 3.8) is 0 Å². The van der Waals surface area contributed by atoms with Crippen molar-refractivity contribution in [2.24, 2.45) is 0 Å². The van der Waals surface area contributed by atoms with E-state index < -0.39 is 5.97 Å². The highest BCUT2D eigenvalue weighted by atomic mass is 16.5. The SMILES string of the molecule is C1=Cc2ccccc2OC1.CCCCCCCCCCCC(=O)O. The molecule has 0 aliphatic carbocycles. The summed E-state index contributed by atoms with van der Waals surface area (Å²) >= 11 is 0. The number of carboxylic acid groups (broad SMARTS) is 1. The standard InChI is InChI=1S/C12H24O2.C9H8O/c1-2-3-4-5-6-7-8-9-10-11-12(13)14;1-2-6-9-8(4-1)5-3-7-10-9/h2-11H2,1H3,(H,13,14);1-6H,7H2. The normalized spacial score (nSPS) is 11.9.